The monoisotopic (exact) mass is 500 g/mol. The molecule has 1 aromatic heterocycles. The van der Waals surface area contributed by atoms with Gasteiger partial charge in [0.15, 0.2) is 5.82 Å². The van der Waals surface area contributed by atoms with E-state index in [1.54, 1.807) is 0 Å². The fourth-order valence-corrected chi connectivity index (χ4v) is 4.33. The van der Waals surface area contributed by atoms with Gasteiger partial charge >= 0.3 is 0 Å². The summed E-state index contributed by atoms with van der Waals surface area (Å²) in [5.74, 6) is 1.23. The number of hydrogen-bond donors (Lipinski definition) is 0. The fraction of sp³-hybridized carbons (Fsp3) is 0.111. The molecule has 3 aromatic carbocycles. The van der Waals surface area contributed by atoms with Gasteiger partial charge in [0.05, 0.1) is 11.4 Å². The van der Waals surface area contributed by atoms with Crippen LogP contribution in [-0.2, 0) is 0 Å². The summed E-state index contributed by atoms with van der Waals surface area (Å²) in [4.78, 5) is 10.1. The maximum atomic E-state index is 5.06. The van der Waals surface area contributed by atoms with Crippen LogP contribution in [0.1, 0.15) is 19.2 Å². The van der Waals surface area contributed by atoms with Crippen LogP contribution in [0.25, 0.3) is 38.9 Å². The van der Waals surface area contributed by atoms with Crippen LogP contribution in [-0.4, -0.2) is 9.97 Å². The molecule has 1 atom stereocenters. The zero-order chi connectivity index (χ0) is 20.5. The smallest absolute Gasteiger partial charge is 0.156 e. The first-order valence-corrected chi connectivity index (χ1v) is 11.3. The SMILES string of the molecule is CC1CC=CC=C1c1nc(-c2ccc(I)cc2)cc(-c2cccc3ccccc23)n1. The predicted octanol–water partition coefficient (Wildman–Crippen LogP) is 7.55. The van der Waals surface area contributed by atoms with E-state index in [0.717, 1.165) is 34.8 Å². The molecule has 2 nitrogen and oxygen atoms in total. The van der Waals surface area contributed by atoms with Gasteiger partial charge in [-0.15, -0.1) is 0 Å². The number of nitrogens with zero attached hydrogens (tertiary/aromatic N) is 2. The van der Waals surface area contributed by atoms with Gasteiger partial charge in [-0.05, 0) is 69.5 Å². The van der Waals surface area contributed by atoms with Gasteiger partial charge < -0.3 is 0 Å². The van der Waals surface area contributed by atoms with Gasteiger partial charge in [0.1, 0.15) is 0 Å². The minimum atomic E-state index is 0.405. The lowest BCUT2D eigenvalue weighted by Crippen LogP contribution is -2.06. The molecule has 146 valence electrons. The highest BCUT2D eigenvalue weighted by atomic mass is 127. The van der Waals surface area contributed by atoms with E-state index in [0.29, 0.717) is 5.92 Å². The van der Waals surface area contributed by atoms with E-state index in [9.17, 15) is 0 Å². The number of benzene rings is 3. The van der Waals surface area contributed by atoms with E-state index in [4.69, 9.17) is 9.97 Å². The number of aromatic nitrogens is 2. The molecular formula is C27H21IN2. The Kier molecular flexibility index (Phi) is 5.21. The molecule has 0 saturated heterocycles. The number of allylic oxidation sites excluding steroid dienone is 4. The maximum absolute atomic E-state index is 5.06. The van der Waals surface area contributed by atoms with Gasteiger partial charge in [-0.3, -0.25) is 0 Å². The van der Waals surface area contributed by atoms with Crippen molar-refractivity contribution in [2.75, 3.05) is 0 Å². The van der Waals surface area contributed by atoms with Crippen molar-refractivity contribution in [1.29, 1.82) is 0 Å². The summed E-state index contributed by atoms with van der Waals surface area (Å²) in [5.41, 5.74) is 5.38. The molecule has 0 saturated carbocycles. The molecule has 0 fully saturated rings. The molecule has 0 aliphatic heterocycles. The summed E-state index contributed by atoms with van der Waals surface area (Å²) in [6, 6.07) is 25.5. The Morgan fingerprint density at radius 2 is 1.63 bits per heavy atom. The van der Waals surface area contributed by atoms with E-state index < -0.39 is 0 Å². The topological polar surface area (TPSA) is 25.8 Å². The van der Waals surface area contributed by atoms with Crippen LogP contribution in [0.5, 0.6) is 0 Å². The molecule has 1 aliphatic carbocycles. The molecule has 1 unspecified atom stereocenters. The first-order chi connectivity index (χ1) is 14.7. The van der Waals surface area contributed by atoms with Gasteiger partial charge in [-0.25, -0.2) is 9.97 Å². The van der Waals surface area contributed by atoms with Gasteiger partial charge in [0.25, 0.3) is 0 Å². The Morgan fingerprint density at radius 1 is 0.867 bits per heavy atom. The summed E-state index contributed by atoms with van der Waals surface area (Å²) in [5, 5.41) is 2.43. The van der Waals surface area contributed by atoms with Crippen molar-refractivity contribution in [2.24, 2.45) is 5.92 Å². The van der Waals surface area contributed by atoms with Crippen LogP contribution in [0.2, 0.25) is 0 Å². The van der Waals surface area contributed by atoms with Crippen molar-refractivity contribution >= 4 is 38.9 Å². The Balaban J connectivity index is 1.75. The summed E-state index contributed by atoms with van der Waals surface area (Å²) in [7, 11) is 0. The van der Waals surface area contributed by atoms with Crippen LogP contribution < -0.4 is 0 Å². The van der Waals surface area contributed by atoms with Crippen molar-refractivity contribution in [2.45, 2.75) is 13.3 Å². The highest BCUT2D eigenvalue weighted by Gasteiger charge is 2.18. The van der Waals surface area contributed by atoms with E-state index >= 15 is 0 Å². The quantitative estimate of drug-likeness (QED) is 0.272. The third kappa shape index (κ3) is 3.70. The van der Waals surface area contributed by atoms with E-state index in [1.807, 2.05) is 0 Å². The van der Waals surface area contributed by atoms with E-state index in [1.165, 1.54) is 19.9 Å². The van der Waals surface area contributed by atoms with Crippen molar-refractivity contribution < 1.29 is 0 Å². The maximum Gasteiger partial charge on any atom is 0.156 e. The first-order valence-electron chi connectivity index (χ1n) is 10.2. The van der Waals surface area contributed by atoms with E-state index in [-0.39, 0.29) is 0 Å². The molecule has 30 heavy (non-hydrogen) atoms. The molecule has 0 radical (unpaired) electrons. The second-order valence-electron chi connectivity index (χ2n) is 7.68. The highest BCUT2D eigenvalue weighted by Crippen LogP contribution is 2.33. The van der Waals surface area contributed by atoms with Crippen LogP contribution >= 0.6 is 22.6 Å². The minimum absolute atomic E-state index is 0.405. The molecule has 0 amide bonds. The molecule has 3 heteroatoms. The normalized spacial score (nSPS) is 15.9. The second kappa shape index (κ2) is 8.15. The molecule has 0 spiro atoms. The third-order valence-corrected chi connectivity index (χ3v) is 6.34. The highest BCUT2D eigenvalue weighted by molar-refractivity contribution is 14.1. The molecule has 1 heterocycles. The number of fused-ring (bicyclic) bond motifs is 1. The zero-order valence-electron chi connectivity index (χ0n) is 16.7. The molecule has 0 N–H and O–H groups in total. The van der Waals surface area contributed by atoms with Crippen LogP contribution in [0, 0.1) is 9.49 Å². The summed E-state index contributed by atoms with van der Waals surface area (Å²) >= 11 is 2.34. The fourth-order valence-electron chi connectivity index (χ4n) is 3.97. The summed E-state index contributed by atoms with van der Waals surface area (Å²) in [6.45, 7) is 2.24. The molecule has 1 aliphatic rings. The lowest BCUT2D eigenvalue weighted by atomic mass is 9.92. The van der Waals surface area contributed by atoms with Crippen LogP contribution in [0.15, 0.2) is 91.0 Å². The molecule has 4 aromatic rings. The number of halogens is 1. The van der Waals surface area contributed by atoms with Gasteiger partial charge in [-0.2, -0.15) is 0 Å². The lowest BCUT2D eigenvalue weighted by Gasteiger charge is -2.18. The van der Waals surface area contributed by atoms with Crippen molar-refractivity contribution in [1.82, 2.24) is 9.97 Å². The predicted molar refractivity (Wildman–Crippen MR) is 134 cm³/mol. The molecular weight excluding hydrogens is 479 g/mol. The van der Waals surface area contributed by atoms with Crippen molar-refractivity contribution in [3.05, 3.63) is 100 Å². The average Bonchev–Trinajstić information content (AvgIpc) is 2.79. The summed E-state index contributed by atoms with van der Waals surface area (Å²) < 4.78 is 1.22. The Morgan fingerprint density at radius 3 is 2.47 bits per heavy atom. The Bertz CT molecular complexity index is 1280. The van der Waals surface area contributed by atoms with Crippen molar-refractivity contribution in [3.63, 3.8) is 0 Å². The van der Waals surface area contributed by atoms with Gasteiger partial charge in [0.2, 0.25) is 0 Å². The molecule has 0 bridgehead atoms. The van der Waals surface area contributed by atoms with Gasteiger partial charge in [-0.1, -0.05) is 79.7 Å². The minimum Gasteiger partial charge on any atom is -0.228 e. The van der Waals surface area contributed by atoms with Crippen LogP contribution in [0.3, 0.4) is 0 Å². The molecule has 5 rings (SSSR count). The zero-order valence-corrected chi connectivity index (χ0v) is 18.9. The van der Waals surface area contributed by atoms with Crippen LogP contribution in [0.4, 0.5) is 0 Å². The Hall–Kier alpha value is -2.79. The Labute approximate surface area is 190 Å². The lowest BCUT2D eigenvalue weighted by molar-refractivity contribution is 0.749. The number of rotatable bonds is 3. The first kappa shape index (κ1) is 19.2. The van der Waals surface area contributed by atoms with Gasteiger partial charge in [0, 0.05) is 14.7 Å². The largest absolute Gasteiger partial charge is 0.228 e. The summed E-state index contributed by atoms with van der Waals surface area (Å²) in [6.07, 6.45) is 7.51. The standard InChI is InChI=1S/C27H21IN2/c1-18-7-2-4-10-22(18)27-29-25(20-13-15-21(28)16-14-20)17-26(30-27)24-12-6-9-19-8-3-5-11-23(19)24/h2-6,8-18H,7H2,1H3. The average molecular weight is 500 g/mol. The number of hydrogen-bond acceptors (Lipinski definition) is 2. The van der Waals surface area contributed by atoms with Crippen molar-refractivity contribution in [3.8, 4) is 22.5 Å². The second-order valence-corrected chi connectivity index (χ2v) is 8.93. The third-order valence-electron chi connectivity index (χ3n) is 5.62. The van der Waals surface area contributed by atoms with E-state index in [2.05, 4.69) is 121 Å².